The number of methoxy groups -OCH3 is 1. The van der Waals surface area contributed by atoms with Crippen molar-refractivity contribution in [2.45, 2.75) is 24.9 Å². The van der Waals surface area contributed by atoms with Crippen LogP contribution in [-0.2, 0) is 4.79 Å². The lowest BCUT2D eigenvalue weighted by Gasteiger charge is -2.28. The molecule has 0 radical (unpaired) electrons. The summed E-state index contributed by atoms with van der Waals surface area (Å²) >= 11 is 0. The fraction of sp³-hybridized carbons (Fsp3) is 0.316. The number of carbonyl (C=O) groups excluding carboxylic acids is 1. The highest BCUT2D eigenvalue weighted by molar-refractivity contribution is 5.79. The summed E-state index contributed by atoms with van der Waals surface area (Å²) < 4.78 is 5.23. The van der Waals surface area contributed by atoms with Crippen molar-refractivity contribution in [2.75, 3.05) is 13.7 Å². The molecule has 5 nitrogen and oxygen atoms in total. The molecular formula is C19H20N2O3. The Bertz CT molecular complexity index is 762. The highest BCUT2D eigenvalue weighted by Gasteiger charge is 2.47. The van der Waals surface area contributed by atoms with Gasteiger partial charge in [0.15, 0.2) is 11.5 Å². The molecule has 0 bridgehead atoms. The van der Waals surface area contributed by atoms with Gasteiger partial charge >= 0.3 is 0 Å². The van der Waals surface area contributed by atoms with E-state index in [2.05, 4.69) is 17.1 Å². The molecule has 0 aromatic heterocycles. The van der Waals surface area contributed by atoms with E-state index >= 15 is 0 Å². The van der Waals surface area contributed by atoms with Crippen LogP contribution in [0.15, 0.2) is 48.5 Å². The van der Waals surface area contributed by atoms with Crippen LogP contribution in [0.25, 0.3) is 0 Å². The largest absolute Gasteiger partial charge is 0.504 e. The van der Waals surface area contributed by atoms with Gasteiger partial charge in [0.2, 0.25) is 5.91 Å². The maximum Gasteiger partial charge on any atom is 0.238 e. The molecule has 2 aliphatic heterocycles. The summed E-state index contributed by atoms with van der Waals surface area (Å²) in [5.74, 6) is 0.674. The van der Waals surface area contributed by atoms with Crippen molar-refractivity contribution in [2.24, 2.45) is 0 Å². The Morgan fingerprint density at radius 1 is 1.08 bits per heavy atom. The molecule has 0 saturated carbocycles. The number of para-hydroxylation sites is 1. The summed E-state index contributed by atoms with van der Waals surface area (Å²) in [5, 5.41) is 14.5. The van der Waals surface area contributed by atoms with Gasteiger partial charge in [-0.15, -0.1) is 0 Å². The van der Waals surface area contributed by atoms with Gasteiger partial charge in [0.05, 0.1) is 19.2 Å². The van der Waals surface area contributed by atoms with E-state index in [4.69, 9.17) is 4.74 Å². The molecule has 124 valence electrons. The van der Waals surface area contributed by atoms with E-state index in [0.29, 0.717) is 12.2 Å². The second kappa shape index (κ2) is 5.83. The number of fused-ring (bicyclic) bond motifs is 1. The second-order valence-electron chi connectivity index (χ2n) is 6.23. The molecule has 2 heterocycles. The summed E-state index contributed by atoms with van der Waals surface area (Å²) in [7, 11) is 1.54. The normalized spacial score (nSPS) is 23.5. The predicted octanol–water partition coefficient (Wildman–Crippen LogP) is 3.04. The number of hydrogen-bond donors (Lipinski definition) is 1. The van der Waals surface area contributed by atoms with Gasteiger partial charge < -0.3 is 9.84 Å². The SMILES string of the molecule is COc1cccc([C@@H]2C[C@H](c3ccccc3)N3CCC(=O)N23)c1O. The van der Waals surface area contributed by atoms with Crippen LogP contribution in [-0.4, -0.2) is 34.7 Å². The molecule has 24 heavy (non-hydrogen) atoms. The molecule has 2 saturated heterocycles. The van der Waals surface area contributed by atoms with Gasteiger partial charge in [-0.25, -0.2) is 5.01 Å². The smallest absolute Gasteiger partial charge is 0.238 e. The first-order chi connectivity index (χ1) is 11.7. The van der Waals surface area contributed by atoms with Crippen LogP contribution >= 0.6 is 0 Å². The van der Waals surface area contributed by atoms with Crippen molar-refractivity contribution >= 4 is 5.91 Å². The number of hydrogen-bond acceptors (Lipinski definition) is 4. The van der Waals surface area contributed by atoms with Crippen LogP contribution in [0.2, 0.25) is 0 Å². The van der Waals surface area contributed by atoms with Crippen molar-refractivity contribution in [1.29, 1.82) is 0 Å². The number of aromatic hydroxyl groups is 1. The minimum Gasteiger partial charge on any atom is -0.504 e. The predicted molar refractivity (Wildman–Crippen MR) is 89.4 cm³/mol. The van der Waals surface area contributed by atoms with Gasteiger partial charge in [0.1, 0.15) is 0 Å². The first kappa shape index (κ1) is 15.0. The average molecular weight is 324 g/mol. The minimum absolute atomic E-state index is 0.112. The average Bonchev–Trinajstić information content (AvgIpc) is 3.17. The zero-order valence-corrected chi connectivity index (χ0v) is 13.6. The van der Waals surface area contributed by atoms with Gasteiger partial charge in [-0.1, -0.05) is 42.5 Å². The molecule has 2 aliphatic rings. The maximum absolute atomic E-state index is 12.5. The van der Waals surface area contributed by atoms with Gasteiger partial charge in [-0.05, 0) is 18.1 Å². The maximum atomic E-state index is 12.5. The number of nitrogens with zero attached hydrogens (tertiary/aromatic N) is 2. The Morgan fingerprint density at radius 3 is 2.62 bits per heavy atom. The van der Waals surface area contributed by atoms with Gasteiger partial charge in [0.25, 0.3) is 0 Å². The van der Waals surface area contributed by atoms with Crippen LogP contribution in [0.4, 0.5) is 0 Å². The lowest BCUT2D eigenvalue weighted by Crippen LogP contribution is -2.35. The fourth-order valence-electron chi connectivity index (χ4n) is 3.88. The highest BCUT2D eigenvalue weighted by Crippen LogP contribution is 2.49. The van der Waals surface area contributed by atoms with Crippen molar-refractivity contribution in [3.8, 4) is 11.5 Å². The van der Waals surface area contributed by atoms with E-state index in [9.17, 15) is 9.90 Å². The Balaban J connectivity index is 1.75. The summed E-state index contributed by atoms with van der Waals surface area (Å²) in [6.07, 6.45) is 1.28. The number of amides is 1. The number of carbonyl (C=O) groups is 1. The van der Waals surface area contributed by atoms with Crippen LogP contribution in [0.3, 0.4) is 0 Å². The highest BCUT2D eigenvalue weighted by atomic mass is 16.5. The third-order valence-corrected chi connectivity index (χ3v) is 4.98. The lowest BCUT2D eigenvalue weighted by molar-refractivity contribution is -0.138. The number of ether oxygens (including phenoxy) is 1. The number of rotatable bonds is 3. The third kappa shape index (κ3) is 2.24. The van der Waals surface area contributed by atoms with E-state index in [1.165, 1.54) is 12.7 Å². The molecule has 2 aromatic rings. The van der Waals surface area contributed by atoms with E-state index in [0.717, 1.165) is 18.5 Å². The van der Waals surface area contributed by atoms with E-state index < -0.39 is 0 Å². The molecular weight excluding hydrogens is 304 g/mol. The van der Waals surface area contributed by atoms with Crippen LogP contribution in [0.5, 0.6) is 11.5 Å². The van der Waals surface area contributed by atoms with E-state index in [1.807, 2.05) is 35.3 Å². The summed E-state index contributed by atoms with van der Waals surface area (Å²) in [6.45, 7) is 0.722. The van der Waals surface area contributed by atoms with Gasteiger partial charge in [-0.2, -0.15) is 0 Å². The third-order valence-electron chi connectivity index (χ3n) is 4.98. The lowest BCUT2D eigenvalue weighted by atomic mass is 9.95. The quantitative estimate of drug-likeness (QED) is 0.943. The molecule has 0 aliphatic carbocycles. The Morgan fingerprint density at radius 2 is 1.88 bits per heavy atom. The molecule has 2 atom stereocenters. The van der Waals surface area contributed by atoms with Gasteiger partial charge in [0, 0.05) is 18.5 Å². The minimum atomic E-state index is -0.166. The molecule has 5 heteroatoms. The van der Waals surface area contributed by atoms with Crippen LogP contribution < -0.4 is 4.74 Å². The van der Waals surface area contributed by atoms with E-state index in [1.54, 1.807) is 6.07 Å². The Labute approximate surface area is 141 Å². The van der Waals surface area contributed by atoms with Crippen LogP contribution in [0, 0.1) is 0 Å². The zero-order chi connectivity index (χ0) is 16.7. The zero-order valence-electron chi connectivity index (χ0n) is 13.6. The van der Waals surface area contributed by atoms with Gasteiger partial charge in [-0.3, -0.25) is 9.80 Å². The van der Waals surface area contributed by atoms with E-state index in [-0.39, 0.29) is 23.7 Å². The summed E-state index contributed by atoms with van der Waals surface area (Å²) in [6, 6.07) is 15.7. The number of phenols is 1. The van der Waals surface area contributed by atoms with Crippen molar-refractivity contribution in [3.63, 3.8) is 0 Å². The number of benzene rings is 2. The van der Waals surface area contributed by atoms with Crippen molar-refractivity contribution in [3.05, 3.63) is 59.7 Å². The Hall–Kier alpha value is -2.53. The number of phenolic OH excluding ortho intramolecular Hbond substituents is 1. The molecule has 1 amide bonds. The topological polar surface area (TPSA) is 53.0 Å². The van der Waals surface area contributed by atoms with Crippen molar-refractivity contribution < 1.29 is 14.6 Å². The Kier molecular flexibility index (Phi) is 3.65. The summed E-state index contributed by atoms with van der Waals surface area (Å²) in [4.78, 5) is 12.5. The molecule has 1 N–H and O–H groups in total. The van der Waals surface area contributed by atoms with Crippen LogP contribution in [0.1, 0.15) is 36.1 Å². The molecule has 0 unspecified atom stereocenters. The molecule has 0 spiro atoms. The molecule has 2 fully saturated rings. The standard InChI is InChI=1S/C19H20N2O3/c1-24-17-9-5-8-14(19(17)23)16-12-15(13-6-3-2-4-7-13)20-11-10-18(22)21(16)20/h2-9,15-16,23H,10-12H2,1H3/t15-,16+/m1/s1. The molecule has 4 rings (SSSR count). The fourth-order valence-corrected chi connectivity index (χ4v) is 3.88. The van der Waals surface area contributed by atoms with Crippen molar-refractivity contribution in [1.82, 2.24) is 10.0 Å². The first-order valence-electron chi connectivity index (χ1n) is 8.20. The first-order valence-corrected chi connectivity index (χ1v) is 8.20. The molecule has 2 aromatic carbocycles. The summed E-state index contributed by atoms with van der Waals surface area (Å²) in [5.41, 5.74) is 1.94. The number of hydrazine groups is 1. The monoisotopic (exact) mass is 324 g/mol. The second-order valence-corrected chi connectivity index (χ2v) is 6.23.